The molecule has 17 heavy (non-hydrogen) atoms. The molecule has 6 heteroatoms. The molecule has 0 unspecified atom stereocenters. The number of nitrogens with one attached hydrogen (secondary N) is 1. The van der Waals surface area contributed by atoms with E-state index >= 15 is 0 Å². The number of sulfonamides is 1. The van der Waals surface area contributed by atoms with Crippen LogP contribution in [0.3, 0.4) is 0 Å². The topological polar surface area (TPSA) is 79.2 Å². The lowest BCUT2D eigenvalue weighted by Crippen LogP contribution is -2.27. The summed E-state index contributed by atoms with van der Waals surface area (Å²) in [7, 11) is -3.44. The van der Waals surface area contributed by atoms with Crippen molar-refractivity contribution >= 4 is 10.0 Å². The lowest BCUT2D eigenvalue weighted by molar-refractivity contribution is 0.311. The Hall–Kier alpha value is -1.58. The van der Waals surface area contributed by atoms with Crippen LogP contribution in [0.25, 0.3) is 0 Å². The van der Waals surface area contributed by atoms with E-state index in [4.69, 9.17) is 10.00 Å². The van der Waals surface area contributed by atoms with Crippen LogP contribution in [0.2, 0.25) is 0 Å². The molecule has 0 saturated carbocycles. The van der Waals surface area contributed by atoms with Gasteiger partial charge in [0.1, 0.15) is 5.75 Å². The van der Waals surface area contributed by atoms with Crippen LogP contribution in [0.15, 0.2) is 30.3 Å². The molecular weight excluding hydrogens is 240 g/mol. The average molecular weight is 254 g/mol. The van der Waals surface area contributed by atoms with Gasteiger partial charge in [0.25, 0.3) is 0 Å². The summed E-state index contributed by atoms with van der Waals surface area (Å²) >= 11 is 0. The third kappa shape index (κ3) is 5.90. The summed E-state index contributed by atoms with van der Waals surface area (Å²) in [5.41, 5.74) is 0. The second kappa shape index (κ2) is 6.89. The Morgan fingerprint density at radius 2 is 2.00 bits per heavy atom. The van der Waals surface area contributed by atoms with Gasteiger partial charge in [0.15, 0.2) is 5.75 Å². The molecule has 0 fully saturated rings. The largest absolute Gasteiger partial charge is 0.494 e. The summed E-state index contributed by atoms with van der Waals surface area (Å²) in [5.74, 6) is 0.249. The molecule has 92 valence electrons. The molecule has 1 aromatic rings. The van der Waals surface area contributed by atoms with Crippen molar-refractivity contribution in [1.29, 1.82) is 5.26 Å². The monoisotopic (exact) mass is 254 g/mol. The molecule has 0 saturated heterocycles. The van der Waals surface area contributed by atoms with Gasteiger partial charge in [-0.15, -0.1) is 0 Å². The number of para-hydroxylation sites is 1. The molecule has 0 aliphatic carbocycles. The van der Waals surface area contributed by atoms with Crippen molar-refractivity contribution in [3.8, 4) is 11.8 Å². The highest BCUT2D eigenvalue weighted by Crippen LogP contribution is 2.07. The van der Waals surface area contributed by atoms with Crippen LogP contribution >= 0.6 is 0 Å². The zero-order chi connectivity index (χ0) is 12.6. The second-order valence-electron chi connectivity index (χ2n) is 3.33. The van der Waals surface area contributed by atoms with Crippen molar-refractivity contribution in [3.05, 3.63) is 30.3 Å². The summed E-state index contributed by atoms with van der Waals surface area (Å²) < 4.78 is 29.9. The zero-order valence-corrected chi connectivity index (χ0v) is 10.1. The molecule has 0 aromatic heterocycles. The number of rotatable bonds is 7. The van der Waals surface area contributed by atoms with Gasteiger partial charge in [-0.05, 0) is 18.6 Å². The fourth-order valence-electron chi connectivity index (χ4n) is 1.14. The lowest BCUT2D eigenvalue weighted by Gasteiger charge is -2.06. The van der Waals surface area contributed by atoms with Crippen LogP contribution in [0.1, 0.15) is 6.42 Å². The van der Waals surface area contributed by atoms with Gasteiger partial charge in [-0.3, -0.25) is 0 Å². The third-order valence-electron chi connectivity index (χ3n) is 1.91. The predicted octanol–water partition coefficient (Wildman–Crippen LogP) is 0.898. The Bertz CT molecular complexity index is 465. The van der Waals surface area contributed by atoms with E-state index in [2.05, 4.69) is 4.72 Å². The van der Waals surface area contributed by atoms with Crippen LogP contribution in [0.5, 0.6) is 5.75 Å². The number of nitrogens with zero attached hydrogens (tertiary/aromatic N) is 1. The second-order valence-corrected chi connectivity index (χ2v) is 5.13. The van der Waals surface area contributed by atoms with Crippen LogP contribution < -0.4 is 9.46 Å². The molecule has 0 aliphatic rings. The normalized spacial score (nSPS) is 10.8. The van der Waals surface area contributed by atoms with E-state index in [0.717, 1.165) is 5.75 Å². The molecule has 0 amide bonds. The maximum atomic E-state index is 11.1. The Balaban J connectivity index is 2.16. The first-order chi connectivity index (χ1) is 8.14. The average Bonchev–Trinajstić information content (AvgIpc) is 2.30. The fourth-order valence-corrected chi connectivity index (χ4v) is 1.87. The molecule has 1 rings (SSSR count). The van der Waals surface area contributed by atoms with Crippen molar-refractivity contribution < 1.29 is 13.2 Å². The summed E-state index contributed by atoms with van der Waals surface area (Å²) in [5, 5.41) is 8.26. The van der Waals surface area contributed by atoms with Crippen LogP contribution in [-0.4, -0.2) is 27.3 Å². The molecular formula is C11H14N2O3S. The van der Waals surface area contributed by atoms with Gasteiger partial charge < -0.3 is 4.74 Å². The summed E-state index contributed by atoms with van der Waals surface area (Å²) in [4.78, 5) is 0. The van der Waals surface area contributed by atoms with Gasteiger partial charge in [-0.25, -0.2) is 13.1 Å². The molecule has 0 atom stereocenters. The quantitative estimate of drug-likeness (QED) is 0.733. The molecule has 1 N–H and O–H groups in total. The van der Waals surface area contributed by atoms with E-state index in [9.17, 15) is 8.42 Å². The van der Waals surface area contributed by atoms with Crippen LogP contribution in [0, 0.1) is 11.3 Å². The van der Waals surface area contributed by atoms with E-state index in [-0.39, 0.29) is 6.54 Å². The minimum atomic E-state index is -3.44. The van der Waals surface area contributed by atoms with Crippen molar-refractivity contribution in [2.45, 2.75) is 6.42 Å². The summed E-state index contributed by atoms with van der Waals surface area (Å²) in [6.45, 7) is 0.704. The molecule has 0 heterocycles. The number of hydrogen-bond acceptors (Lipinski definition) is 4. The van der Waals surface area contributed by atoms with Gasteiger partial charge in [-0.1, -0.05) is 18.2 Å². The summed E-state index contributed by atoms with van der Waals surface area (Å²) in [6.07, 6.45) is 0.555. The predicted molar refractivity (Wildman–Crippen MR) is 64.0 cm³/mol. The van der Waals surface area contributed by atoms with E-state index in [1.807, 2.05) is 30.3 Å². The first-order valence-electron chi connectivity index (χ1n) is 5.16. The molecule has 0 spiro atoms. The Kier molecular flexibility index (Phi) is 5.46. The van der Waals surface area contributed by atoms with E-state index in [1.165, 1.54) is 0 Å². The van der Waals surface area contributed by atoms with Gasteiger partial charge in [0, 0.05) is 6.54 Å². The van der Waals surface area contributed by atoms with Gasteiger partial charge >= 0.3 is 0 Å². The summed E-state index contributed by atoms with van der Waals surface area (Å²) in [6, 6.07) is 10.9. The smallest absolute Gasteiger partial charge is 0.225 e. The molecule has 1 aromatic carbocycles. The third-order valence-corrected chi connectivity index (χ3v) is 3.06. The van der Waals surface area contributed by atoms with Crippen molar-refractivity contribution in [2.75, 3.05) is 18.9 Å². The maximum Gasteiger partial charge on any atom is 0.225 e. The Morgan fingerprint density at radius 3 is 2.65 bits per heavy atom. The number of hydrogen-bond donors (Lipinski definition) is 1. The van der Waals surface area contributed by atoms with E-state index in [0.29, 0.717) is 13.0 Å². The number of ether oxygens (including phenoxy) is 1. The highest BCUT2D eigenvalue weighted by Gasteiger charge is 2.07. The van der Waals surface area contributed by atoms with Crippen LogP contribution in [0.4, 0.5) is 0 Å². The van der Waals surface area contributed by atoms with Crippen LogP contribution in [-0.2, 0) is 10.0 Å². The lowest BCUT2D eigenvalue weighted by atomic mass is 10.3. The number of nitriles is 1. The molecule has 5 nitrogen and oxygen atoms in total. The minimum absolute atomic E-state index is 0.275. The molecule has 0 radical (unpaired) electrons. The first kappa shape index (κ1) is 13.5. The minimum Gasteiger partial charge on any atom is -0.494 e. The van der Waals surface area contributed by atoms with Gasteiger partial charge in [-0.2, -0.15) is 5.26 Å². The van der Waals surface area contributed by atoms with E-state index < -0.39 is 15.8 Å². The van der Waals surface area contributed by atoms with Crippen molar-refractivity contribution in [3.63, 3.8) is 0 Å². The Labute approximate surface area is 101 Å². The first-order valence-corrected chi connectivity index (χ1v) is 6.81. The highest BCUT2D eigenvalue weighted by molar-refractivity contribution is 7.89. The van der Waals surface area contributed by atoms with Gasteiger partial charge in [0.2, 0.25) is 10.0 Å². The highest BCUT2D eigenvalue weighted by atomic mass is 32.2. The SMILES string of the molecule is N#CCS(=O)(=O)NCCCOc1ccccc1. The Morgan fingerprint density at radius 1 is 1.29 bits per heavy atom. The number of benzene rings is 1. The van der Waals surface area contributed by atoms with Crippen molar-refractivity contribution in [2.24, 2.45) is 0 Å². The fraction of sp³-hybridized carbons (Fsp3) is 0.364. The zero-order valence-electron chi connectivity index (χ0n) is 9.30. The van der Waals surface area contributed by atoms with Gasteiger partial charge in [0.05, 0.1) is 12.7 Å². The van der Waals surface area contributed by atoms with Crippen molar-refractivity contribution in [1.82, 2.24) is 4.72 Å². The maximum absolute atomic E-state index is 11.1. The molecule has 0 bridgehead atoms. The van der Waals surface area contributed by atoms with E-state index in [1.54, 1.807) is 6.07 Å². The molecule has 0 aliphatic heterocycles. The standard InChI is InChI=1S/C11H14N2O3S/c12-7-10-17(14,15)13-8-4-9-16-11-5-2-1-3-6-11/h1-3,5-6,13H,4,8-10H2.